The van der Waals surface area contributed by atoms with Crippen molar-refractivity contribution in [2.24, 2.45) is 5.73 Å². The fourth-order valence-corrected chi connectivity index (χ4v) is 3.96. The normalized spacial score (nSPS) is 16.1. The maximum atomic E-state index is 6.07. The molecule has 0 bridgehead atoms. The lowest BCUT2D eigenvalue weighted by molar-refractivity contribution is 0.618. The second kappa shape index (κ2) is 5.64. The molecule has 1 aromatic carbocycles. The molecule has 2 N–H and O–H groups in total. The Hall–Kier alpha value is -1.23. The van der Waals surface area contributed by atoms with E-state index in [-0.39, 0.29) is 6.04 Å². The molecule has 5 heteroatoms. The van der Waals surface area contributed by atoms with Gasteiger partial charge in [0.1, 0.15) is 0 Å². The van der Waals surface area contributed by atoms with Gasteiger partial charge in [-0.1, -0.05) is 23.7 Å². The van der Waals surface area contributed by atoms with Gasteiger partial charge < -0.3 is 15.5 Å². The monoisotopic (exact) mass is 307 g/mol. The number of anilines is 2. The summed E-state index contributed by atoms with van der Waals surface area (Å²) < 4.78 is 0. The van der Waals surface area contributed by atoms with Gasteiger partial charge in [0.2, 0.25) is 0 Å². The molecule has 0 fully saturated rings. The number of hydrogen-bond acceptors (Lipinski definition) is 4. The van der Waals surface area contributed by atoms with Crippen LogP contribution >= 0.6 is 22.9 Å². The van der Waals surface area contributed by atoms with Gasteiger partial charge in [0.05, 0.1) is 22.4 Å². The van der Waals surface area contributed by atoms with Crippen LogP contribution in [0.25, 0.3) is 0 Å². The average Bonchev–Trinajstić information content (AvgIpc) is 2.89. The summed E-state index contributed by atoms with van der Waals surface area (Å²) in [5.74, 6) is 0. The van der Waals surface area contributed by atoms with Gasteiger partial charge in [0.25, 0.3) is 0 Å². The minimum Gasteiger partial charge on any atom is -0.371 e. The first kappa shape index (κ1) is 13.7. The molecule has 2 heterocycles. The maximum Gasteiger partial charge on any atom is 0.0759 e. The number of fused-ring (bicyclic) bond motifs is 1. The molecule has 0 saturated carbocycles. The number of likely N-dealkylation sites (N-methyl/N-ethyl adjacent to an activating group) is 1. The second-order valence-corrected chi connectivity index (χ2v) is 6.40. The van der Waals surface area contributed by atoms with E-state index in [4.69, 9.17) is 17.3 Å². The predicted octanol–water partition coefficient (Wildman–Crippen LogP) is 3.36. The molecule has 1 aliphatic heterocycles. The standard InChI is InChI=1S/C15H18ClN3S/c1-18-6-7-19(13-5-3-2-4-12(13)18)14(9-17)15-8-11(16)10-20-15/h2-5,8,10,14H,6-7,9,17H2,1H3. The number of rotatable bonds is 3. The summed E-state index contributed by atoms with van der Waals surface area (Å²) in [6, 6.07) is 10.7. The van der Waals surface area contributed by atoms with Crippen LogP contribution in [0.3, 0.4) is 0 Å². The highest BCUT2D eigenvalue weighted by atomic mass is 35.5. The third-order valence-corrected chi connectivity index (χ3v) is 5.18. The predicted molar refractivity (Wildman–Crippen MR) is 88.2 cm³/mol. The first-order valence-electron chi connectivity index (χ1n) is 6.71. The molecular weight excluding hydrogens is 290 g/mol. The second-order valence-electron chi connectivity index (χ2n) is 5.02. The first-order valence-corrected chi connectivity index (χ1v) is 7.97. The summed E-state index contributed by atoms with van der Waals surface area (Å²) in [4.78, 5) is 5.93. The molecule has 3 nitrogen and oxygen atoms in total. The highest BCUT2D eigenvalue weighted by Crippen LogP contribution is 2.38. The topological polar surface area (TPSA) is 32.5 Å². The van der Waals surface area contributed by atoms with Crippen molar-refractivity contribution < 1.29 is 0 Å². The minimum absolute atomic E-state index is 0.197. The van der Waals surface area contributed by atoms with Crippen molar-refractivity contribution in [2.45, 2.75) is 6.04 Å². The minimum atomic E-state index is 0.197. The molecule has 2 aromatic rings. The van der Waals surface area contributed by atoms with Crippen LogP contribution in [0.5, 0.6) is 0 Å². The fraction of sp³-hybridized carbons (Fsp3) is 0.333. The number of thiophene rings is 1. The van der Waals surface area contributed by atoms with Crippen LogP contribution in [-0.4, -0.2) is 26.7 Å². The van der Waals surface area contributed by atoms with Crippen LogP contribution in [0, 0.1) is 0 Å². The number of para-hydroxylation sites is 2. The third kappa shape index (κ3) is 2.39. The van der Waals surface area contributed by atoms with E-state index in [0.29, 0.717) is 6.54 Å². The molecule has 0 spiro atoms. The van der Waals surface area contributed by atoms with Gasteiger partial charge in [-0.05, 0) is 18.2 Å². The lowest BCUT2D eigenvalue weighted by Crippen LogP contribution is -2.43. The van der Waals surface area contributed by atoms with Crippen LogP contribution in [0.4, 0.5) is 11.4 Å². The molecule has 1 aliphatic rings. The van der Waals surface area contributed by atoms with Crippen molar-refractivity contribution in [2.75, 3.05) is 36.5 Å². The third-order valence-electron chi connectivity index (χ3n) is 3.79. The summed E-state index contributed by atoms with van der Waals surface area (Å²) in [5, 5.41) is 2.77. The van der Waals surface area contributed by atoms with Crippen molar-refractivity contribution >= 4 is 34.3 Å². The van der Waals surface area contributed by atoms with Crippen LogP contribution < -0.4 is 15.5 Å². The molecule has 0 saturated heterocycles. The highest BCUT2D eigenvalue weighted by molar-refractivity contribution is 7.10. The fourth-order valence-electron chi connectivity index (χ4n) is 2.75. The van der Waals surface area contributed by atoms with Crippen LogP contribution in [0.15, 0.2) is 35.7 Å². The number of hydrogen-bond donors (Lipinski definition) is 1. The zero-order chi connectivity index (χ0) is 14.1. The van der Waals surface area contributed by atoms with E-state index in [1.54, 1.807) is 11.3 Å². The van der Waals surface area contributed by atoms with Gasteiger partial charge in [-0.2, -0.15) is 0 Å². The van der Waals surface area contributed by atoms with Crippen LogP contribution in [-0.2, 0) is 0 Å². The van der Waals surface area contributed by atoms with E-state index in [0.717, 1.165) is 18.1 Å². The Morgan fingerprint density at radius 2 is 2.05 bits per heavy atom. The van der Waals surface area contributed by atoms with E-state index in [9.17, 15) is 0 Å². The van der Waals surface area contributed by atoms with Crippen molar-refractivity contribution in [3.8, 4) is 0 Å². The molecule has 20 heavy (non-hydrogen) atoms. The van der Waals surface area contributed by atoms with Gasteiger partial charge >= 0.3 is 0 Å². The lowest BCUT2D eigenvalue weighted by atomic mass is 10.1. The summed E-state index contributed by atoms with van der Waals surface area (Å²) in [6.45, 7) is 2.58. The molecule has 1 atom stereocenters. The lowest BCUT2D eigenvalue weighted by Gasteiger charge is -2.41. The first-order chi connectivity index (χ1) is 9.70. The van der Waals surface area contributed by atoms with E-state index in [2.05, 4.69) is 41.1 Å². The summed E-state index contributed by atoms with van der Waals surface area (Å²) in [7, 11) is 2.13. The van der Waals surface area contributed by atoms with E-state index in [1.807, 2.05) is 11.4 Å². The summed E-state index contributed by atoms with van der Waals surface area (Å²) in [6.07, 6.45) is 0. The number of halogens is 1. The quantitative estimate of drug-likeness (QED) is 0.944. The van der Waals surface area contributed by atoms with Crippen molar-refractivity contribution in [3.05, 3.63) is 45.6 Å². The molecule has 1 unspecified atom stereocenters. The molecule has 1 aromatic heterocycles. The van der Waals surface area contributed by atoms with Crippen molar-refractivity contribution in [1.82, 2.24) is 0 Å². The molecule has 106 valence electrons. The number of nitrogens with two attached hydrogens (primary N) is 1. The highest BCUT2D eigenvalue weighted by Gasteiger charge is 2.27. The number of nitrogens with zero attached hydrogens (tertiary/aromatic N) is 2. The SMILES string of the molecule is CN1CCN(C(CN)c2cc(Cl)cs2)c2ccccc21. The zero-order valence-electron chi connectivity index (χ0n) is 11.4. The van der Waals surface area contributed by atoms with Gasteiger partial charge in [-0.25, -0.2) is 0 Å². The van der Waals surface area contributed by atoms with Gasteiger partial charge in [-0.15, -0.1) is 11.3 Å². The van der Waals surface area contributed by atoms with Crippen LogP contribution in [0.2, 0.25) is 5.02 Å². The molecule has 0 amide bonds. The van der Waals surface area contributed by atoms with Crippen LogP contribution in [0.1, 0.15) is 10.9 Å². The van der Waals surface area contributed by atoms with E-state index < -0.39 is 0 Å². The molecule has 3 rings (SSSR count). The van der Waals surface area contributed by atoms with Crippen molar-refractivity contribution in [1.29, 1.82) is 0 Å². The van der Waals surface area contributed by atoms with E-state index in [1.165, 1.54) is 16.3 Å². The Morgan fingerprint density at radius 3 is 2.70 bits per heavy atom. The Balaban J connectivity index is 1.99. The number of benzene rings is 1. The summed E-state index contributed by atoms with van der Waals surface area (Å²) in [5.41, 5.74) is 8.56. The molecular formula is C15H18ClN3S. The van der Waals surface area contributed by atoms with Gasteiger partial charge in [0.15, 0.2) is 0 Å². The Morgan fingerprint density at radius 1 is 1.30 bits per heavy atom. The largest absolute Gasteiger partial charge is 0.371 e. The zero-order valence-corrected chi connectivity index (χ0v) is 13.0. The summed E-state index contributed by atoms with van der Waals surface area (Å²) >= 11 is 7.75. The Bertz CT molecular complexity index is 598. The molecule has 0 radical (unpaired) electrons. The maximum absolute atomic E-state index is 6.07. The average molecular weight is 308 g/mol. The Kier molecular flexibility index (Phi) is 3.87. The molecule has 0 aliphatic carbocycles. The Labute approximate surface area is 128 Å². The van der Waals surface area contributed by atoms with Gasteiger partial charge in [-0.3, -0.25) is 0 Å². The van der Waals surface area contributed by atoms with Gasteiger partial charge in [0, 0.05) is 36.9 Å². The van der Waals surface area contributed by atoms with E-state index >= 15 is 0 Å². The smallest absolute Gasteiger partial charge is 0.0759 e. The van der Waals surface area contributed by atoms with Crippen molar-refractivity contribution in [3.63, 3.8) is 0 Å².